The number of carbonyl (C=O) groups excluding carboxylic acids is 1. The number of carbonyl (C=O) groups is 1. The zero-order chi connectivity index (χ0) is 20.3. The maximum Gasteiger partial charge on any atom is 0.263 e. The molecule has 28 heavy (non-hydrogen) atoms. The van der Waals surface area contributed by atoms with E-state index in [1.807, 2.05) is 31.2 Å². The summed E-state index contributed by atoms with van der Waals surface area (Å²) in [7, 11) is -3.81. The van der Waals surface area contributed by atoms with Gasteiger partial charge in [0.05, 0.1) is 11.4 Å². The number of amides is 1. The Hall–Kier alpha value is -3.23. The SMILES string of the molecule is Cc1ccc(Cn2cccc(C(=O)Nc3ccc(S(N)(=O)=O)cc3)c2=O)cc1. The minimum absolute atomic E-state index is 0.00913. The molecule has 1 heterocycles. The highest BCUT2D eigenvalue weighted by molar-refractivity contribution is 7.89. The molecule has 3 N–H and O–H groups in total. The second kappa shape index (κ2) is 7.79. The summed E-state index contributed by atoms with van der Waals surface area (Å²) in [4.78, 5) is 25.1. The van der Waals surface area contributed by atoms with Crippen LogP contribution >= 0.6 is 0 Å². The van der Waals surface area contributed by atoms with E-state index in [2.05, 4.69) is 5.32 Å². The summed E-state index contributed by atoms with van der Waals surface area (Å²) in [6, 6.07) is 16.2. The van der Waals surface area contributed by atoms with Crippen LogP contribution in [0.15, 0.2) is 76.6 Å². The van der Waals surface area contributed by atoms with Gasteiger partial charge in [0.25, 0.3) is 11.5 Å². The van der Waals surface area contributed by atoms with E-state index in [1.165, 1.54) is 34.9 Å². The molecule has 0 unspecified atom stereocenters. The van der Waals surface area contributed by atoms with Crippen LogP contribution in [0.3, 0.4) is 0 Å². The van der Waals surface area contributed by atoms with Gasteiger partial charge in [-0.15, -0.1) is 0 Å². The van der Waals surface area contributed by atoms with E-state index in [9.17, 15) is 18.0 Å². The average molecular weight is 397 g/mol. The van der Waals surface area contributed by atoms with Crippen LogP contribution in [0.2, 0.25) is 0 Å². The lowest BCUT2D eigenvalue weighted by atomic mass is 10.1. The molecule has 0 spiro atoms. The molecule has 0 bridgehead atoms. The van der Waals surface area contributed by atoms with Gasteiger partial charge in [0, 0.05) is 11.9 Å². The van der Waals surface area contributed by atoms with E-state index >= 15 is 0 Å². The van der Waals surface area contributed by atoms with Gasteiger partial charge in [0.1, 0.15) is 5.56 Å². The number of hydrogen-bond donors (Lipinski definition) is 2. The molecule has 7 nitrogen and oxygen atoms in total. The fourth-order valence-corrected chi connectivity index (χ4v) is 3.17. The summed E-state index contributed by atoms with van der Waals surface area (Å²) in [6.45, 7) is 2.33. The van der Waals surface area contributed by atoms with Crippen molar-refractivity contribution in [2.75, 3.05) is 5.32 Å². The molecule has 3 aromatic rings. The number of sulfonamides is 1. The molecule has 2 aromatic carbocycles. The molecular formula is C20H19N3O4S. The van der Waals surface area contributed by atoms with Crippen LogP contribution in [-0.4, -0.2) is 18.9 Å². The van der Waals surface area contributed by atoms with Gasteiger partial charge in [-0.05, 0) is 48.9 Å². The predicted molar refractivity (Wildman–Crippen MR) is 107 cm³/mol. The zero-order valence-corrected chi connectivity index (χ0v) is 15.9. The number of nitrogens with one attached hydrogen (secondary N) is 1. The summed E-state index contributed by atoms with van der Waals surface area (Å²) in [5.41, 5.74) is 2.00. The smallest absolute Gasteiger partial charge is 0.263 e. The highest BCUT2D eigenvalue weighted by atomic mass is 32.2. The Balaban J connectivity index is 1.80. The Morgan fingerprint density at radius 3 is 2.29 bits per heavy atom. The molecule has 0 aliphatic rings. The van der Waals surface area contributed by atoms with E-state index in [0.29, 0.717) is 12.2 Å². The lowest BCUT2D eigenvalue weighted by molar-refractivity contribution is 0.102. The first kappa shape index (κ1) is 19.5. The topological polar surface area (TPSA) is 111 Å². The van der Waals surface area contributed by atoms with Crippen LogP contribution in [0.1, 0.15) is 21.5 Å². The molecule has 0 aliphatic carbocycles. The van der Waals surface area contributed by atoms with Crippen molar-refractivity contribution in [1.82, 2.24) is 4.57 Å². The Morgan fingerprint density at radius 2 is 1.68 bits per heavy atom. The van der Waals surface area contributed by atoms with Gasteiger partial charge in [0.15, 0.2) is 0 Å². The number of anilines is 1. The number of primary sulfonamides is 1. The van der Waals surface area contributed by atoms with Crippen molar-refractivity contribution in [1.29, 1.82) is 0 Å². The van der Waals surface area contributed by atoms with Crippen LogP contribution in [-0.2, 0) is 16.6 Å². The first-order chi connectivity index (χ1) is 13.2. The Morgan fingerprint density at radius 1 is 1.04 bits per heavy atom. The molecule has 144 valence electrons. The second-order valence-electron chi connectivity index (χ2n) is 6.36. The minimum atomic E-state index is -3.81. The Labute approximate surface area is 162 Å². The van der Waals surface area contributed by atoms with Crippen molar-refractivity contribution < 1.29 is 13.2 Å². The number of benzene rings is 2. The largest absolute Gasteiger partial charge is 0.322 e. The number of pyridine rings is 1. The highest BCUT2D eigenvalue weighted by Gasteiger charge is 2.13. The standard InChI is InChI=1S/C20H19N3O4S/c1-14-4-6-15(7-5-14)13-23-12-2-3-18(20(23)25)19(24)22-16-8-10-17(11-9-16)28(21,26)27/h2-12H,13H2,1H3,(H,22,24)(H2,21,26,27). The number of hydrogen-bond acceptors (Lipinski definition) is 4. The van der Waals surface area contributed by atoms with Gasteiger partial charge < -0.3 is 9.88 Å². The third-order valence-corrected chi connectivity index (χ3v) is 5.11. The van der Waals surface area contributed by atoms with Gasteiger partial charge >= 0.3 is 0 Å². The maximum absolute atomic E-state index is 12.7. The van der Waals surface area contributed by atoms with Crippen molar-refractivity contribution in [3.8, 4) is 0 Å². The second-order valence-corrected chi connectivity index (χ2v) is 7.93. The minimum Gasteiger partial charge on any atom is -0.322 e. The Bertz CT molecular complexity index is 1170. The molecule has 3 rings (SSSR count). The summed E-state index contributed by atoms with van der Waals surface area (Å²) in [6.07, 6.45) is 1.62. The van der Waals surface area contributed by atoms with Crippen molar-refractivity contribution in [2.24, 2.45) is 5.14 Å². The van der Waals surface area contributed by atoms with E-state index in [1.54, 1.807) is 12.3 Å². The summed E-state index contributed by atoms with van der Waals surface area (Å²) >= 11 is 0. The van der Waals surface area contributed by atoms with Crippen LogP contribution in [0.25, 0.3) is 0 Å². The maximum atomic E-state index is 12.7. The number of aryl methyl sites for hydroxylation is 1. The van der Waals surface area contributed by atoms with Crippen molar-refractivity contribution in [3.63, 3.8) is 0 Å². The number of aromatic nitrogens is 1. The molecule has 0 saturated carbocycles. The van der Waals surface area contributed by atoms with E-state index in [-0.39, 0.29) is 10.5 Å². The van der Waals surface area contributed by atoms with Gasteiger partial charge in [-0.2, -0.15) is 0 Å². The molecule has 0 aliphatic heterocycles. The van der Waals surface area contributed by atoms with Gasteiger partial charge in [-0.1, -0.05) is 29.8 Å². The molecule has 0 fully saturated rings. The van der Waals surface area contributed by atoms with Crippen LogP contribution in [0.5, 0.6) is 0 Å². The molecule has 1 aromatic heterocycles. The van der Waals surface area contributed by atoms with Crippen molar-refractivity contribution in [2.45, 2.75) is 18.4 Å². The fourth-order valence-electron chi connectivity index (χ4n) is 2.65. The highest BCUT2D eigenvalue weighted by Crippen LogP contribution is 2.13. The van der Waals surface area contributed by atoms with E-state index in [0.717, 1.165) is 11.1 Å². The normalized spacial score (nSPS) is 11.2. The first-order valence-corrected chi connectivity index (χ1v) is 9.98. The van der Waals surface area contributed by atoms with Gasteiger partial charge in [0.2, 0.25) is 10.0 Å². The monoisotopic (exact) mass is 397 g/mol. The van der Waals surface area contributed by atoms with Crippen molar-refractivity contribution in [3.05, 3.63) is 93.9 Å². The van der Waals surface area contributed by atoms with Crippen LogP contribution in [0.4, 0.5) is 5.69 Å². The summed E-state index contributed by atoms with van der Waals surface area (Å²) in [5, 5.41) is 7.64. The average Bonchev–Trinajstić information content (AvgIpc) is 2.65. The summed E-state index contributed by atoms with van der Waals surface area (Å²) in [5.74, 6) is -0.577. The van der Waals surface area contributed by atoms with Gasteiger partial charge in [-0.25, -0.2) is 13.6 Å². The van der Waals surface area contributed by atoms with E-state index < -0.39 is 21.5 Å². The number of nitrogens with two attached hydrogens (primary N) is 1. The van der Waals surface area contributed by atoms with Crippen LogP contribution in [0, 0.1) is 6.92 Å². The molecular weight excluding hydrogens is 378 g/mol. The third-order valence-electron chi connectivity index (χ3n) is 4.18. The Kier molecular flexibility index (Phi) is 5.43. The zero-order valence-electron chi connectivity index (χ0n) is 15.1. The predicted octanol–water partition coefficient (Wildman–Crippen LogP) is 2.10. The molecule has 8 heteroatoms. The lowest BCUT2D eigenvalue weighted by Crippen LogP contribution is -2.29. The first-order valence-electron chi connectivity index (χ1n) is 8.43. The summed E-state index contributed by atoms with van der Waals surface area (Å²) < 4.78 is 24.0. The molecule has 0 atom stereocenters. The van der Waals surface area contributed by atoms with E-state index in [4.69, 9.17) is 5.14 Å². The molecule has 0 saturated heterocycles. The number of nitrogens with zero attached hydrogens (tertiary/aromatic N) is 1. The fraction of sp³-hybridized carbons (Fsp3) is 0.100. The van der Waals surface area contributed by atoms with Crippen LogP contribution < -0.4 is 16.0 Å². The van der Waals surface area contributed by atoms with Gasteiger partial charge in [-0.3, -0.25) is 9.59 Å². The van der Waals surface area contributed by atoms with Crippen molar-refractivity contribution >= 4 is 21.6 Å². The molecule has 1 amide bonds. The molecule has 0 radical (unpaired) electrons. The lowest BCUT2D eigenvalue weighted by Gasteiger charge is -2.09. The third kappa shape index (κ3) is 4.54. The number of rotatable bonds is 5. The quantitative estimate of drug-likeness (QED) is 0.687.